The fraction of sp³-hybridized carbons (Fsp3) is 0.778. The highest BCUT2D eigenvalue weighted by Gasteiger charge is 2.27. The molecule has 16 heavy (non-hydrogen) atoms. The van der Waals surface area contributed by atoms with Crippen LogP contribution in [0.1, 0.15) is 20.3 Å². The average Bonchev–Trinajstić information content (AvgIpc) is 2.14. The first-order chi connectivity index (χ1) is 7.26. The van der Waals surface area contributed by atoms with Gasteiger partial charge in [0.25, 0.3) is 0 Å². The lowest BCUT2D eigenvalue weighted by Crippen LogP contribution is -2.40. The first-order valence-electron chi connectivity index (χ1n) is 4.73. The number of nitrogens with one attached hydrogen (secondary N) is 1. The van der Waals surface area contributed by atoms with E-state index < -0.39 is 31.3 Å². The van der Waals surface area contributed by atoms with Gasteiger partial charge in [-0.3, -0.25) is 9.59 Å². The highest BCUT2D eigenvalue weighted by molar-refractivity contribution is 5.88. The quantitative estimate of drug-likeness (QED) is 0.756. The number of amides is 1. The Bertz CT molecular complexity index is 253. The molecule has 0 aliphatic heterocycles. The van der Waals surface area contributed by atoms with Crippen LogP contribution in [0.2, 0.25) is 0 Å². The molecule has 1 amide bonds. The van der Waals surface area contributed by atoms with E-state index in [9.17, 15) is 22.8 Å². The molecule has 0 aromatic rings. The van der Waals surface area contributed by atoms with Crippen molar-refractivity contribution in [3.8, 4) is 0 Å². The van der Waals surface area contributed by atoms with Gasteiger partial charge >= 0.3 is 6.18 Å². The molecule has 1 N–H and O–H groups in total. The normalized spacial score (nSPS) is 13.3. The third kappa shape index (κ3) is 7.22. The Labute approximate surface area is 91.1 Å². The Morgan fingerprint density at radius 3 is 2.38 bits per heavy atom. The number of ketones is 1. The van der Waals surface area contributed by atoms with Crippen LogP contribution in [0.5, 0.6) is 0 Å². The summed E-state index contributed by atoms with van der Waals surface area (Å²) >= 11 is 0. The third-order valence-corrected chi connectivity index (χ3v) is 1.71. The molecule has 0 heterocycles. The van der Waals surface area contributed by atoms with Gasteiger partial charge in [-0.2, -0.15) is 13.2 Å². The highest BCUT2D eigenvalue weighted by atomic mass is 19.4. The van der Waals surface area contributed by atoms with E-state index in [1.165, 1.54) is 6.92 Å². The summed E-state index contributed by atoms with van der Waals surface area (Å²) in [5.74, 6) is -0.928. The largest absolute Gasteiger partial charge is 0.411 e. The minimum atomic E-state index is -4.45. The van der Waals surface area contributed by atoms with Gasteiger partial charge in [-0.25, -0.2) is 0 Å². The number of carbonyl (C=O) groups is 2. The summed E-state index contributed by atoms with van der Waals surface area (Å²) < 4.78 is 39.0. The van der Waals surface area contributed by atoms with Crippen LogP contribution in [0.4, 0.5) is 13.2 Å². The molecular formula is C9H14F3NO3. The zero-order chi connectivity index (χ0) is 12.8. The van der Waals surface area contributed by atoms with E-state index in [1.807, 2.05) is 0 Å². The van der Waals surface area contributed by atoms with Gasteiger partial charge in [0.05, 0.1) is 6.04 Å². The maximum atomic E-state index is 11.6. The van der Waals surface area contributed by atoms with Crippen molar-refractivity contribution in [2.24, 2.45) is 0 Å². The Balaban J connectivity index is 3.79. The molecule has 0 saturated carbocycles. The third-order valence-electron chi connectivity index (χ3n) is 1.71. The summed E-state index contributed by atoms with van der Waals surface area (Å²) in [5, 5.41) is 2.24. The lowest BCUT2D eigenvalue weighted by atomic mass is 10.2. The van der Waals surface area contributed by atoms with E-state index in [0.29, 0.717) is 0 Å². The highest BCUT2D eigenvalue weighted by Crippen LogP contribution is 2.13. The predicted octanol–water partition coefficient (Wildman–Crippen LogP) is 1.05. The van der Waals surface area contributed by atoms with Crippen LogP contribution in [0.25, 0.3) is 0 Å². The minimum Gasteiger partial charge on any atom is -0.362 e. The maximum Gasteiger partial charge on any atom is 0.411 e. The van der Waals surface area contributed by atoms with Gasteiger partial charge in [0.1, 0.15) is 13.2 Å². The van der Waals surface area contributed by atoms with Crippen LogP contribution < -0.4 is 5.32 Å². The van der Waals surface area contributed by atoms with Crippen molar-refractivity contribution < 1.29 is 27.5 Å². The van der Waals surface area contributed by atoms with Crippen LogP contribution in [0.3, 0.4) is 0 Å². The summed E-state index contributed by atoms with van der Waals surface area (Å²) in [6.07, 6.45) is -4.20. The molecule has 0 aliphatic rings. The molecule has 0 aromatic carbocycles. The summed E-state index contributed by atoms with van der Waals surface area (Å²) in [6.45, 7) is 0.913. The second-order valence-corrected chi connectivity index (χ2v) is 3.22. The standard InChI is InChI=1S/C9H14F3NO3/c1-3-7(14)6(2)13-8(15)4-16-5-9(10,11)12/h6H,3-5H2,1-2H3,(H,13,15). The second-order valence-electron chi connectivity index (χ2n) is 3.22. The Morgan fingerprint density at radius 1 is 1.38 bits per heavy atom. The van der Waals surface area contributed by atoms with Gasteiger partial charge in [-0.1, -0.05) is 6.92 Å². The molecule has 0 radical (unpaired) electrons. The number of hydrogen-bond acceptors (Lipinski definition) is 3. The second kappa shape index (κ2) is 6.47. The fourth-order valence-electron chi connectivity index (χ4n) is 0.929. The zero-order valence-corrected chi connectivity index (χ0v) is 9.06. The van der Waals surface area contributed by atoms with E-state index >= 15 is 0 Å². The van der Waals surface area contributed by atoms with Crippen molar-refractivity contribution >= 4 is 11.7 Å². The molecule has 0 rings (SSSR count). The summed E-state index contributed by atoms with van der Waals surface area (Å²) in [4.78, 5) is 22.0. The number of halogens is 3. The van der Waals surface area contributed by atoms with Gasteiger partial charge < -0.3 is 10.1 Å². The van der Waals surface area contributed by atoms with E-state index in [1.54, 1.807) is 6.92 Å². The van der Waals surface area contributed by atoms with Crippen LogP contribution in [0, 0.1) is 0 Å². The maximum absolute atomic E-state index is 11.6. The number of alkyl halides is 3. The van der Waals surface area contributed by atoms with Crippen molar-refractivity contribution in [3.05, 3.63) is 0 Å². The van der Waals surface area contributed by atoms with Gasteiger partial charge in [0.2, 0.25) is 5.91 Å². The monoisotopic (exact) mass is 241 g/mol. The molecule has 1 atom stereocenters. The van der Waals surface area contributed by atoms with Crippen molar-refractivity contribution in [1.82, 2.24) is 5.32 Å². The van der Waals surface area contributed by atoms with E-state index in [-0.39, 0.29) is 12.2 Å². The molecule has 0 aliphatic carbocycles. The zero-order valence-electron chi connectivity index (χ0n) is 9.06. The lowest BCUT2D eigenvalue weighted by molar-refractivity contribution is -0.175. The molecule has 1 unspecified atom stereocenters. The molecule has 0 fully saturated rings. The van der Waals surface area contributed by atoms with E-state index in [4.69, 9.17) is 0 Å². The fourth-order valence-corrected chi connectivity index (χ4v) is 0.929. The molecule has 7 heteroatoms. The van der Waals surface area contributed by atoms with Crippen molar-refractivity contribution in [1.29, 1.82) is 0 Å². The SMILES string of the molecule is CCC(=O)C(C)NC(=O)COCC(F)(F)F. The molecule has 0 bridgehead atoms. The first-order valence-corrected chi connectivity index (χ1v) is 4.73. The van der Waals surface area contributed by atoms with Crippen LogP contribution in [-0.2, 0) is 14.3 Å². The summed E-state index contributed by atoms with van der Waals surface area (Å²) in [7, 11) is 0. The van der Waals surface area contributed by atoms with Crippen LogP contribution in [0.15, 0.2) is 0 Å². The predicted molar refractivity (Wildman–Crippen MR) is 49.8 cm³/mol. The topological polar surface area (TPSA) is 55.4 Å². The molecule has 94 valence electrons. The lowest BCUT2D eigenvalue weighted by Gasteiger charge is -2.12. The number of hydrogen-bond donors (Lipinski definition) is 1. The smallest absolute Gasteiger partial charge is 0.362 e. The molecule has 0 spiro atoms. The molecule has 4 nitrogen and oxygen atoms in total. The van der Waals surface area contributed by atoms with Crippen LogP contribution >= 0.6 is 0 Å². The van der Waals surface area contributed by atoms with Gasteiger partial charge in [-0.05, 0) is 6.92 Å². The van der Waals surface area contributed by atoms with Crippen molar-refractivity contribution in [2.75, 3.05) is 13.2 Å². The van der Waals surface area contributed by atoms with Crippen molar-refractivity contribution in [2.45, 2.75) is 32.5 Å². The van der Waals surface area contributed by atoms with Crippen molar-refractivity contribution in [3.63, 3.8) is 0 Å². The minimum absolute atomic E-state index is 0.191. The molecule has 0 saturated heterocycles. The Hall–Kier alpha value is -1.11. The Kier molecular flexibility index (Phi) is 6.02. The van der Waals surface area contributed by atoms with E-state index in [2.05, 4.69) is 10.1 Å². The van der Waals surface area contributed by atoms with Crippen LogP contribution in [-0.4, -0.2) is 37.1 Å². The Morgan fingerprint density at radius 2 is 1.94 bits per heavy atom. The van der Waals surface area contributed by atoms with Gasteiger partial charge in [-0.15, -0.1) is 0 Å². The van der Waals surface area contributed by atoms with Gasteiger partial charge in [0.15, 0.2) is 5.78 Å². The number of carbonyl (C=O) groups excluding carboxylic acids is 2. The summed E-state index contributed by atoms with van der Waals surface area (Å²) in [5.41, 5.74) is 0. The molecule has 0 aromatic heterocycles. The number of ether oxygens (including phenoxy) is 1. The van der Waals surface area contributed by atoms with Gasteiger partial charge in [0, 0.05) is 6.42 Å². The number of Topliss-reactive ketones (excluding diaryl/α,β-unsaturated/α-hetero) is 1. The van der Waals surface area contributed by atoms with E-state index in [0.717, 1.165) is 0 Å². The first kappa shape index (κ1) is 14.9. The number of rotatable bonds is 6. The molecular weight excluding hydrogens is 227 g/mol. The average molecular weight is 241 g/mol. The summed E-state index contributed by atoms with van der Waals surface area (Å²) in [6, 6.07) is -0.702.